The standard InChI is InChI=1S/C22H11Br2ClN4O6/c23-17-7-12(6-13(11-26)22(30)27-15-3-1-2-14(25)9-15)8-18(24)21(17)35-20-5-4-16(28(31)32)10-19(20)29(33)34/h1-10H,(H,27,30)/b13-6+. The lowest BCUT2D eigenvalue weighted by molar-refractivity contribution is -0.394. The largest absolute Gasteiger partial charge is 0.448 e. The van der Waals surface area contributed by atoms with Crippen molar-refractivity contribution >= 4 is 72.5 Å². The summed E-state index contributed by atoms with van der Waals surface area (Å²) in [6, 6.07) is 14.3. The van der Waals surface area contributed by atoms with Crippen LogP contribution < -0.4 is 10.1 Å². The fourth-order valence-corrected chi connectivity index (χ4v) is 4.37. The summed E-state index contributed by atoms with van der Waals surface area (Å²) in [6.07, 6.45) is 1.34. The molecule has 0 aromatic heterocycles. The predicted molar refractivity (Wildman–Crippen MR) is 135 cm³/mol. The zero-order valence-corrected chi connectivity index (χ0v) is 21.1. The Morgan fingerprint density at radius 2 is 1.74 bits per heavy atom. The van der Waals surface area contributed by atoms with E-state index in [-0.39, 0.29) is 17.1 Å². The van der Waals surface area contributed by atoms with Crippen molar-refractivity contribution in [2.75, 3.05) is 5.32 Å². The number of hydrogen-bond donors (Lipinski definition) is 1. The van der Waals surface area contributed by atoms with Crippen LogP contribution in [0.3, 0.4) is 0 Å². The summed E-state index contributed by atoms with van der Waals surface area (Å²) in [5.41, 5.74) is -0.385. The number of anilines is 1. The smallest absolute Gasteiger partial charge is 0.318 e. The van der Waals surface area contributed by atoms with Crippen LogP contribution in [0.15, 0.2) is 69.1 Å². The molecule has 0 atom stereocenters. The number of nitrogens with one attached hydrogen (secondary N) is 1. The highest BCUT2D eigenvalue weighted by molar-refractivity contribution is 9.11. The van der Waals surface area contributed by atoms with E-state index >= 15 is 0 Å². The van der Waals surface area contributed by atoms with Gasteiger partial charge in [0.05, 0.1) is 24.9 Å². The van der Waals surface area contributed by atoms with Gasteiger partial charge in [-0.25, -0.2) is 0 Å². The molecule has 0 aliphatic rings. The highest BCUT2D eigenvalue weighted by Crippen LogP contribution is 2.41. The van der Waals surface area contributed by atoms with Crippen LogP contribution in [0.4, 0.5) is 17.1 Å². The van der Waals surface area contributed by atoms with Crippen molar-refractivity contribution in [3.8, 4) is 17.6 Å². The van der Waals surface area contributed by atoms with Gasteiger partial charge in [0.25, 0.3) is 11.6 Å². The Balaban J connectivity index is 1.90. The van der Waals surface area contributed by atoms with Crippen LogP contribution in [-0.4, -0.2) is 15.8 Å². The predicted octanol–water partition coefficient (Wildman–Crippen LogP) is 7.02. The zero-order valence-electron chi connectivity index (χ0n) is 17.2. The number of hydrogen-bond acceptors (Lipinski definition) is 7. The summed E-state index contributed by atoms with van der Waals surface area (Å²) in [4.78, 5) is 33.3. The number of carbonyl (C=O) groups is 1. The average molecular weight is 623 g/mol. The van der Waals surface area contributed by atoms with Crippen molar-refractivity contribution in [1.82, 2.24) is 0 Å². The van der Waals surface area contributed by atoms with Crippen LogP contribution in [0.2, 0.25) is 5.02 Å². The highest BCUT2D eigenvalue weighted by Gasteiger charge is 2.23. The molecule has 0 bridgehead atoms. The number of nitro groups is 2. The topological polar surface area (TPSA) is 148 Å². The number of nitro benzene ring substituents is 2. The van der Waals surface area contributed by atoms with E-state index in [4.69, 9.17) is 16.3 Å². The van der Waals surface area contributed by atoms with Gasteiger partial charge in [-0.3, -0.25) is 25.0 Å². The molecule has 3 aromatic carbocycles. The molecule has 35 heavy (non-hydrogen) atoms. The second kappa shape index (κ2) is 11.1. The SMILES string of the molecule is N#C/C(=C\c1cc(Br)c(Oc2ccc([N+](=O)[O-])cc2[N+](=O)[O-])c(Br)c1)C(=O)Nc1cccc(Cl)c1. The first-order chi connectivity index (χ1) is 16.6. The van der Waals surface area contributed by atoms with Gasteiger partial charge in [-0.2, -0.15) is 5.26 Å². The zero-order chi connectivity index (χ0) is 25.7. The third kappa shape index (κ3) is 6.42. The molecule has 1 amide bonds. The van der Waals surface area contributed by atoms with Gasteiger partial charge in [-0.15, -0.1) is 0 Å². The van der Waals surface area contributed by atoms with E-state index in [0.717, 1.165) is 18.2 Å². The molecule has 0 aliphatic heterocycles. The van der Waals surface area contributed by atoms with Crippen LogP contribution >= 0.6 is 43.5 Å². The summed E-state index contributed by atoms with van der Waals surface area (Å²) in [5, 5.41) is 34.8. The van der Waals surface area contributed by atoms with Crippen molar-refractivity contribution in [3.63, 3.8) is 0 Å². The van der Waals surface area contributed by atoms with Crippen LogP contribution in [0.1, 0.15) is 5.56 Å². The first-order valence-electron chi connectivity index (χ1n) is 9.37. The molecular formula is C22H11Br2ClN4O6. The summed E-state index contributed by atoms with van der Waals surface area (Å²) in [6.45, 7) is 0. The molecule has 1 N–H and O–H groups in total. The van der Waals surface area contributed by atoms with Gasteiger partial charge in [0.2, 0.25) is 5.75 Å². The summed E-state index contributed by atoms with van der Waals surface area (Å²) >= 11 is 12.5. The highest BCUT2D eigenvalue weighted by atomic mass is 79.9. The van der Waals surface area contributed by atoms with Gasteiger partial charge in [-0.1, -0.05) is 17.7 Å². The number of rotatable bonds is 7. The van der Waals surface area contributed by atoms with Crippen LogP contribution in [0, 0.1) is 31.6 Å². The van der Waals surface area contributed by atoms with E-state index in [1.807, 2.05) is 6.07 Å². The van der Waals surface area contributed by atoms with Gasteiger partial charge >= 0.3 is 5.69 Å². The lowest BCUT2D eigenvalue weighted by Crippen LogP contribution is -2.13. The van der Waals surface area contributed by atoms with Gasteiger partial charge in [0.15, 0.2) is 5.75 Å². The molecule has 0 saturated heterocycles. The second-order valence-corrected chi connectivity index (χ2v) is 8.86. The van der Waals surface area contributed by atoms with Gasteiger partial charge in [0, 0.05) is 16.8 Å². The van der Waals surface area contributed by atoms with E-state index in [0.29, 0.717) is 25.2 Å². The minimum Gasteiger partial charge on any atom is -0.448 e. The molecule has 3 rings (SSSR count). The summed E-state index contributed by atoms with van der Waals surface area (Å²) in [7, 11) is 0. The van der Waals surface area contributed by atoms with E-state index in [2.05, 4.69) is 37.2 Å². The van der Waals surface area contributed by atoms with Crippen molar-refractivity contribution in [3.05, 3.63) is 99.9 Å². The van der Waals surface area contributed by atoms with Crippen LogP contribution in [-0.2, 0) is 4.79 Å². The Bertz CT molecular complexity index is 1410. The maximum Gasteiger partial charge on any atom is 0.318 e. The minimum absolute atomic E-state index is 0.140. The molecule has 10 nitrogen and oxygen atoms in total. The van der Waals surface area contributed by atoms with Crippen molar-refractivity contribution in [2.24, 2.45) is 0 Å². The Labute approximate surface area is 219 Å². The third-order valence-electron chi connectivity index (χ3n) is 4.34. The molecular weight excluding hydrogens is 612 g/mol. The number of carbonyl (C=O) groups excluding carboxylic acids is 1. The minimum atomic E-state index is -0.793. The van der Waals surface area contributed by atoms with E-state index in [1.54, 1.807) is 18.2 Å². The quantitative estimate of drug-likeness (QED) is 0.129. The van der Waals surface area contributed by atoms with Gasteiger partial charge < -0.3 is 10.1 Å². The fourth-order valence-electron chi connectivity index (χ4n) is 2.80. The van der Waals surface area contributed by atoms with Crippen LogP contribution in [0.5, 0.6) is 11.5 Å². The lowest BCUT2D eigenvalue weighted by Gasteiger charge is -2.11. The van der Waals surface area contributed by atoms with Gasteiger partial charge in [0.1, 0.15) is 11.6 Å². The normalized spacial score (nSPS) is 10.9. The molecule has 13 heteroatoms. The molecule has 0 fully saturated rings. The molecule has 0 heterocycles. The number of ether oxygens (including phenoxy) is 1. The van der Waals surface area contributed by atoms with E-state index < -0.39 is 27.1 Å². The number of nitrogens with zero attached hydrogens (tertiary/aromatic N) is 3. The molecule has 3 aromatic rings. The Kier molecular flexibility index (Phi) is 8.18. The summed E-state index contributed by atoms with van der Waals surface area (Å²) < 4.78 is 6.32. The number of non-ortho nitro benzene ring substituents is 1. The van der Waals surface area contributed by atoms with Gasteiger partial charge in [-0.05, 0) is 79.9 Å². The van der Waals surface area contributed by atoms with Crippen molar-refractivity contribution in [2.45, 2.75) is 0 Å². The number of halogens is 3. The Morgan fingerprint density at radius 1 is 1.06 bits per heavy atom. The molecule has 176 valence electrons. The monoisotopic (exact) mass is 620 g/mol. The molecule has 0 radical (unpaired) electrons. The maximum absolute atomic E-state index is 12.5. The first-order valence-corrected chi connectivity index (χ1v) is 11.3. The number of nitriles is 1. The molecule has 0 spiro atoms. The van der Waals surface area contributed by atoms with Crippen LogP contribution in [0.25, 0.3) is 6.08 Å². The molecule has 0 unspecified atom stereocenters. The number of amides is 1. The van der Waals surface area contributed by atoms with E-state index in [1.165, 1.54) is 24.3 Å². The maximum atomic E-state index is 12.5. The fraction of sp³-hybridized carbons (Fsp3) is 0. The Morgan fingerprint density at radius 3 is 2.31 bits per heavy atom. The van der Waals surface area contributed by atoms with Crippen molar-refractivity contribution in [1.29, 1.82) is 5.26 Å². The lowest BCUT2D eigenvalue weighted by atomic mass is 10.1. The Hall–Kier alpha value is -3.79. The second-order valence-electron chi connectivity index (χ2n) is 6.72. The molecule has 0 saturated carbocycles. The number of benzene rings is 3. The average Bonchev–Trinajstić information content (AvgIpc) is 2.79. The summed E-state index contributed by atoms with van der Waals surface area (Å²) in [5.74, 6) is -0.728. The van der Waals surface area contributed by atoms with Crippen molar-refractivity contribution < 1.29 is 19.4 Å². The first kappa shape index (κ1) is 25.8. The van der Waals surface area contributed by atoms with E-state index in [9.17, 15) is 30.3 Å². The molecule has 0 aliphatic carbocycles. The third-order valence-corrected chi connectivity index (χ3v) is 5.75.